The second-order valence-electron chi connectivity index (χ2n) is 5.54. The molecule has 1 amide bonds. The maximum atomic E-state index is 12.6. The van der Waals surface area contributed by atoms with Gasteiger partial charge >= 0.3 is 0 Å². The summed E-state index contributed by atoms with van der Waals surface area (Å²) in [6, 6.07) is 4.41. The van der Waals surface area contributed by atoms with E-state index in [2.05, 4.69) is 42.0 Å². The van der Waals surface area contributed by atoms with Gasteiger partial charge in [0.1, 0.15) is 0 Å². The minimum absolute atomic E-state index is 0.144. The van der Waals surface area contributed by atoms with Crippen LogP contribution in [-0.4, -0.2) is 25.0 Å². The first-order valence-corrected chi connectivity index (χ1v) is 8.08. The largest absolute Gasteiger partial charge is 0.353 e. The molecule has 2 rings (SSSR count). The van der Waals surface area contributed by atoms with E-state index in [1.165, 1.54) is 4.88 Å². The molecular formula is C15H24N2OS. The van der Waals surface area contributed by atoms with Crippen LogP contribution in [0, 0.1) is 5.41 Å². The predicted octanol–water partition coefficient (Wildman–Crippen LogP) is 2.58. The van der Waals surface area contributed by atoms with E-state index in [4.69, 9.17) is 0 Å². The Bertz CT molecular complexity index is 396. The van der Waals surface area contributed by atoms with Crippen molar-refractivity contribution < 1.29 is 4.79 Å². The summed E-state index contributed by atoms with van der Waals surface area (Å²) in [5, 5.41) is 8.65. The van der Waals surface area contributed by atoms with Crippen LogP contribution in [-0.2, 0) is 11.2 Å². The van der Waals surface area contributed by atoms with Gasteiger partial charge in [-0.15, -0.1) is 11.3 Å². The monoisotopic (exact) mass is 280 g/mol. The van der Waals surface area contributed by atoms with Crippen LogP contribution in [0.3, 0.4) is 0 Å². The number of piperidine rings is 1. The molecule has 0 spiro atoms. The first-order chi connectivity index (χ1) is 9.16. The fourth-order valence-electron chi connectivity index (χ4n) is 2.80. The van der Waals surface area contributed by atoms with Crippen LogP contribution in [0.15, 0.2) is 17.5 Å². The smallest absolute Gasteiger partial charge is 0.226 e. The predicted molar refractivity (Wildman–Crippen MR) is 80.5 cm³/mol. The van der Waals surface area contributed by atoms with Crippen molar-refractivity contribution in [2.24, 2.45) is 5.41 Å². The highest BCUT2D eigenvalue weighted by Gasteiger charge is 2.37. The number of hydrogen-bond acceptors (Lipinski definition) is 3. The van der Waals surface area contributed by atoms with E-state index in [0.29, 0.717) is 0 Å². The zero-order chi connectivity index (χ0) is 13.7. The number of carbonyl (C=O) groups is 1. The highest BCUT2D eigenvalue weighted by molar-refractivity contribution is 7.09. The fraction of sp³-hybridized carbons (Fsp3) is 0.667. The van der Waals surface area contributed by atoms with Crippen molar-refractivity contribution in [3.05, 3.63) is 22.4 Å². The third kappa shape index (κ3) is 3.57. The lowest BCUT2D eigenvalue weighted by Gasteiger charge is -2.36. The van der Waals surface area contributed by atoms with Gasteiger partial charge in [0.2, 0.25) is 5.91 Å². The van der Waals surface area contributed by atoms with Crippen molar-refractivity contribution in [3.8, 4) is 0 Å². The Balaban J connectivity index is 1.91. The van der Waals surface area contributed by atoms with Gasteiger partial charge < -0.3 is 10.6 Å². The van der Waals surface area contributed by atoms with Crippen molar-refractivity contribution in [2.45, 2.75) is 45.6 Å². The molecule has 3 nitrogen and oxygen atoms in total. The summed E-state index contributed by atoms with van der Waals surface area (Å²) in [4.78, 5) is 13.9. The number of hydrogen-bond donors (Lipinski definition) is 2. The van der Waals surface area contributed by atoms with E-state index in [-0.39, 0.29) is 17.4 Å². The maximum absolute atomic E-state index is 12.6. The SMILES string of the molecule is CCC1(C(=O)NC(C)Cc2cccs2)CCNCC1. The lowest BCUT2D eigenvalue weighted by molar-refractivity contribution is -0.133. The molecule has 4 heteroatoms. The van der Waals surface area contributed by atoms with Gasteiger partial charge in [0.25, 0.3) is 0 Å². The van der Waals surface area contributed by atoms with Crippen LogP contribution in [0.2, 0.25) is 0 Å². The Morgan fingerprint density at radius 1 is 1.53 bits per heavy atom. The van der Waals surface area contributed by atoms with E-state index < -0.39 is 0 Å². The van der Waals surface area contributed by atoms with E-state index in [0.717, 1.165) is 38.8 Å². The Hall–Kier alpha value is -0.870. The van der Waals surface area contributed by atoms with Gasteiger partial charge in [0.15, 0.2) is 0 Å². The van der Waals surface area contributed by atoms with Gasteiger partial charge in [-0.3, -0.25) is 4.79 Å². The molecule has 1 aliphatic rings. The lowest BCUT2D eigenvalue weighted by atomic mass is 9.75. The average Bonchev–Trinajstić information content (AvgIpc) is 2.92. The summed E-state index contributed by atoms with van der Waals surface area (Å²) >= 11 is 1.76. The van der Waals surface area contributed by atoms with Crippen molar-refractivity contribution in [2.75, 3.05) is 13.1 Å². The number of carbonyl (C=O) groups excluding carboxylic acids is 1. The van der Waals surface area contributed by atoms with Gasteiger partial charge in [0.05, 0.1) is 5.41 Å². The molecule has 0 aromatic carbocycles. The molecule has 106 valence electrons. The molecule has 0 bridgehead atoms. The minimum atomic E-state index is -0.144. The van der Waals surface area contributed by atoms with E-state index in [1.54, 1.807) is 11.3 Å². The molecule has 0 aliphatic carbocycles. The third-order valence-corrected chi connectivity index (χ3v) is 5.08. The fourth-order valence-corrected chi connectivity index (χ4v) is 3.64. The van der Waals surface area contributed by atoms with Crippen molar-refractivity contribution in [3.63, 3.8) is 0 Å². The normalized spacial score (nSPS) is 19.9. The molecule has 19 heavy (non-hydrogen) atoms. The summed E-state index contributed by atoms with van der Waals surface area (Å²) in [6.45, 7) is 6.15. The Morgan fingerprint density at radius 3 is 2.84 bits per heavy atom. The Morgan fingerprint density at radius 2 is 2.26 bits per heavy atom. The number of amides is 1. The van der Waals surface area contributed by atoms with Crippen LogP contribution in [0.4, 0.5) is 0 Å². The van der Waals surface area contributed by atoms with Gasteiger partial charge in [0, 0.05) is 17.3 Å². The maximum Gasteiger partial charge on any atom is 0.226 e. The number of nitrogens with one attached hydrogen (secondary N) is 2. The topological polar surface area (TPSA) is 41.1 Å². The van der Waals surface area contributed by atoms with Crippen LogP contribution in [0.5, 0.6) is 0 Å². The summed E-state index contributed by atoms with van der Waals surface area (Å²) < 4.78 is 0. The molecular weight excluding hydrogens is 256 g/mol. The van der Waals surface area contributed by atoms with Gasteiger partial charge in [-0.1, -0.05) is 13.0 Å². The standard InChI is InChI=1S/C15H24N2OS/c1-3-15(6-8-16-9-7-15)14(18)17-12(2)11-13-5-4-10-19-13/h4-5,10,12,16H,3,6-9,11H2,1-2H3,(H,17,18). The second kappa shape index (κ2) is 6.53. The Kier molecular flexibility index (Phi) is 4.99. The molecule has 1 atom stereocenters. The van der Waals surface area contributed by atoms with Crippen LogP contribution in [0.25, 0.3) is 0 Å². The minimum Gasteiger partial charge on any atom is -0.353 e. The molecule has 1 aromatic heterocycles. The molecule has 1 aliphatic heterocycles. The first-order valence-electron chi connectivity index (χ1n) is 7.20. The zero-order valence-electron chi connectivity index (χ0n) is 11.9. The average molecular weight is 280 g/mol. The zero-order valence-corrected chi connectivity index (χ0v) is 12.7. The van der Waals surface area contributed by atoms with Gasteiger partial charge in [-0.05, 0) is 50.7 Å². The van der Waals surface area contributed by atoms with Gasteiger partial charge in [-0.2, -0.15) is 0 Å². The number of thiophene rings is 1. The summed E-state index contributed by atoms with van der Waals surface area (Å²) in [7, 11) is 0. The molecule has 1 saturated heterocycles. The van der Waals surface area contributed by atoms with Crippen molar-refractivity contribution in [1.29, 1.82) is 0 Å². The first kappa shape index (κ1) is 14.5. The summed E-state index contributed by atoms with van der Waals surface area (Å²) in [5.41, 5.74) is -0.144. The summed E-state index contributed by atoms with van der Waals surface area (Å²) in [5.74, 6) is 0.251. The summed E-state index contributed by atoms with van der Waals surface area (Å²) in [6.07, 6.45) is 3.79. The van der Waals surface area contributed by atoms with E-state index in [1.807, 2.05) is 0 Å². The third-order valence-electron chi connectivity index (χ3n) is 4.18. The lowest BCUT2D eigenvalue weighted by Crippen LogP contribution is -2.49. The number of rotatable bonds is 5. The highest BCUT2D eigenvalue weighted by Crippen LogP contribution is 2.32. The molecule has 1 unspecified atom stereocenters. The quantitative estimate of drug-likeness (QED) is 0.870. The molecule has 0 saturated carbocycles. The van der Waals surface area contributed by atoms with Crippen molar-refractivity contribution >= 4 is 17.2 Å². The van der Waals surface area contributed by atoms with Gasteiger partial charge in [-0.25, -0.2) is 0 Å². The molecule has 2 heterocycles. The van der Waals surface area contributed by atoms with E-state index in [9.17, 15) is 4.79 Å². The van der Waals surface area contributed by atoms with Crippen LogP contribution >= 0.6 is 11.3 Å². The second-order valence-corrected chi connectivity index (χ2v) is 6.57. The molecule has 1 aromatic rings. The van der Waals surface area contributed by atoms with Crippen molar-refractivity contribution in [1.82, 2.24) is 10.6 Å². The molecule has 0 radical (unpaired) electrons. The highest BCUT2D eigenvalue weighted by atomic mass is 32.1. The van der Waals surface area contributed by atoms with E-state index >= 15 is 0 Å². The van der Waals surface area contributed by atoms with Crippen LogP contribution < -0.4 is 10.6 Å². The van der Waals surface area contributed by atoms with Crippen LogP contribution in [0.1, 0.15) is 38.0 Å². The Labute approximate surface area is 119 Å². The molecule has 1 fully saturated rings. The molecule has 2 N–H and O–H groups in total.